The molecule has 2 N–H and O–H groups in total. The molecule has 1 unspecified atom stereocenters. The van der Waals surface area contributed by atoms with E-state index in [-0.39, 0.29) is 29.6 Å². The van der Waals surface area contributed by atoms with Crippen LogP contribution in [0.4, 0.5) is 0 Å². The van der Waals surface area contributed by atoms with Crippen LogP contribution in [0.25, 0.3) is 11.1 Å². The second-order valence-corrected chi connectivity index (χ2v) is 8.13. The minimum atomic E-state index is -0.108. The average Bonchev–Trinajstić information content (AvgIpc) is 3.47. The van der Waals surface area contributed by atoms with Gasteiger partial charge in [-0.3, -0.25) is 4.99 Å². The van der Waals surface area contributed by atoms with Crippen LogP contribution < -0.4 is 10.6 Å². The van der Waals surface area contributed by atoms with Gasteiger partial charge in [-0.25, -0.2) is 9.67 Å². The van der Waals surface area contributed by atoms with Crippen molar-refractivity contribution in [2.75, 3.05) is 20.2 Å². The van der Waals surface area contributed by atoms with Crippen molar-refractivity contribution in [3.63, 3.8) is 0 Å². The van der Waals surface area contributed by atoms with Gasteiger partial charge in [-0.05, 0) is 42.0 Å². The van der Waals surface area contributed by atoms with Crippen molar-refractivity contribution in [2.24, 2.45) is 4.99 Å². The molecule has 1 saturated heterocycles. The Kier molecular flexibility index (Phi) is 8.63. The van der Waals surface area contributed by atoms with Crippen LogP contribution in [0.5, 0.6) is 0 Å². The fourth-order valence-electron chi connectivity index (χ4n) is 3.89. The number of nitrogens with one attached hydrogen (secondary N) is 2. The lowest BCUT2D eigenvalue weighted by Gasteiger charge is -2.24. The van der Waals surface area contributed by atoms with Gasteiger partial charge in [0, 0.05) is 26.7 Å². The summed E-state index contributed by atoms with van der Waals surface area (Å²) in [5.74, 6) is 0.787. The fourth-order valence-corrected chi connectivity index (χ4v) is 3.89. The number of halogens is 1. The maximum Gasteiger partial charge on any atom is 0.191 e. The molecule has 7 nitrogen and oxygen atoms in total. The number of ether oxygens (including phenoxy) is 1. The van der Waals surface area contributed by atoms with E-state index in [9.17, 15) is 0 Å². The highest BCUT2D eigenvalue weighted by Gasteiger charge is 2.29. The summed E-state index contributed by atoms with van der Waals surface area (Å²) in [5.41, 5.74) is 4.71. The van der Waals surface area contributed by atoms with Gasteiger partial charge >= 0.3 is 0 Å². The Balaban J connectivity index is 0.00000289. The van der Waals surface area contributed by atoms with Crippen LogP contribution in [-0.4, -0.2) is 46.5 Å². The number of rotatable bonds is 7. The van der Waals surface area contributed by atoms with Crippen molar-refractivity contribution in [2.45, 2.75) is 38.5 Å². The van der Waals surface area contributed by atoms with Crippen LogP contribution in [0, 0.1) is 0 Å². The molecule has 0 amide bonds. The van der Waals surface area contributed by atoms with Gasteiger partial charge in [0.1, 0.15) is 12.7 Å². The summed E-state index contributed by atoms with van der Waals surface area (Å²) in [6, 6.07) is 17.1. The Bertz CT molecular complexity index is 998. The Labute approximate surface area is 206 Å². The number of aromatic nitrogens is 3. The maximum absolute atomic E-state index is 5.86. The average molecular weight is 546 g/mol. The summed E-state index contributed by atoms with van der Waals surface area (Å²) in [6.07, 6.45) is 5.48. The summed E-state index contributed by atoms with van der Waals surface area (Å²) in [4.78, 5) is 8.37. The number of hydrogen-bond acceptors (Lipinski definition) is 4. The van der Waals surface area contributed by atoms with Gasteiger partial charge in [0.15, 0.2) is 5.96 Å². The van der Waals surface area contributed by atoms with Crippen LogP contribution in [0.15, 0.2) is 66.2 Å². The summed E-state index contributed by atoms with van der Waals surface area (Å²) < 4.78 is 7.69. The minimum Gasteiger partial charge on any atom is -0.373 e. The standard InChI is InChI=1S/C24H30N6O.HI/c1-24(12-5-13-31-24)16-28-23(25-2)27-14-21-6-3-4-7-22(21)20-10-8-19(9-11-20)15-30-18-26-17-29-30;/h3-4,6-11,17-18H,5,12-16H2,1-2H3,(H2,25,27,28);1H. The second-order valence-electron chi connectivity index (χ2n) is 8.13. The van der Waals surface area contributed by atoms with E-state index in [2.05, 4.69) is 81.2 Å². The Hall–Kier alpha value is -2.46. The van der Waals surface area contributed by atoms with Crippen molar-refractivity contribution >= 4 is 29.9 Å². The van der Waals surface area contributed by atoms with Gasteiger partial charge in [0.2, 0.25) is 0 Å². The Morgan fingerprint density at radius 1 is 1.16 bits per heavy atom. The molecule has 0 radical (unpaired) electrons. The summed E-state index contributed by atoms with van der Waals surface area (Å²) in [7, 11) is 1.80. The van der Waals surface area contributed by atoms with Crippen LogP contribution in [0.2, 0.25) is 0 Å². The smallest absolute Gasteiger partial charge is 0.191 e. The molecule has 4 rings (SSSR count). The number of guanidine groups is 1. The van der Waals surface area contributed by atoms with Gasteiger partial charge in [-0.15, -0.1) is 24.0 Å². The molecule has 1 aromatic heterocycles. The molecule has 3 aromatic rings. The molecule has 0 bridgehead atoms. The Morgan fingerprint density at radius 2 is 1.97 bits per heavy atom. The first kappa shape index (κ1) is 24.2. The molecule has 1 aliphatic rings. The second kappa shape index (κ2) is 11.4. The number of hydrogen-bond donors (Lipinski definition) is 2. The third-order valence-corrected chi connectivity index (χ3v) is 5.69. The molecule has 1 atom stereocenters. The monoisotopic (exact) mass is 546 g/mol. The molecule has 2 heterocycles. The van der Waals surface area contributed by atoms with Crippen LogP contribution in [-0.2, 0) is 17.8 Å². The molecule has 0 spiro atoms. The number of nitrogens with zero attached hydrogens (tertiary/aromatic N) is 4. The van der Waals surface area contributed by atoms with Gasteiger partial charge in [-0.1, -0.05) is 48.5 Å². The molecular formula is C24H31IN6O. The topological polar surface area (TPSA) is 76.4 Å². The SMILES string of the molecule is CN=C(NCc1ccccc1-c1ccc(Cn2cncn2)cc1)NCC1(C)CCCO1.I. The summed E-state index contributed by atoms with van der Waals surface area (Å²) in [6.45, 7) is 5.15. The van der Waals surface area contributed by atoms with E-state index in [1.165, 1.54) is 22.3 Å². The van der Waals surface area contributed by atoms with Crippen molar-refractivity contribution in [1.82, 2.24) is 25.4 Å². The van der Waals surface area contributed by atoms with Gasteiger partial charge < -0.3 is 15.4 Å². The van der Waals surface area contributed by atoms with Crippen LogP contribution >= 0.6 is 24.0 Å². The van der Waals surface area contributed by atoms with Crippen LogP contribution in [0.1, 0.15) is 30.9 Å². The molecule has 2 aromatic carbocycles. The van der Waals surface area contributed by atoms with Gasteiger partial charge in [0.25, 0.3) is 0 Å². The lowest BCUT2D eigenvalue weighted by Crippen LogP contribution is -2.45. The number of benzene rings is 2. The lowest BCUT2D eigenvalue weighted by molar-refractivity contribution is 0.0243. The first-order valence-electron chi connectivity index (χ1n) is 10.7. The van der Waals surface area contributed by atoms with E-state index < -0.39 is 0 Å². The minimum absolute atomic E-state index is 0. The van der Waals surface area contributed by atoms with Crippen molar-refractivity contribution in [3.8, 4) is 11.1 Å². The molecule has 170 valence electrons. The molecule has 1 aliphatic heterocycles. The predicted molar refractivity (Wildman–Crippen MR) is 138 cm³/mol. The molecule has 32 heavy (non-hydrogen) atoms. The Morgan fingerprint density at radius 3 is 2.66 bits per heavy atom. The van der Waals surface area contributed by atoms with E-state index >= 15 is 0 Å². The van der Waals surface area contributed by atoms with Crippen LogP contribution in [0.3, 0.4) is 0 Å². The first-order chi connectivity index (χ1) is 15.1. The van der Waals surface area contributed by atoms with E-state index in [0.29, 0.717) is 13.1 Å². The molecule has 1 fully saturated rings. The van der Waals surface area contributed by atoms with E-state index in [1.54, 1.807) is 19.7 Å². The van der Waals surface area contributed by atoms with E-state index in [0.717, 1.165) is 32.0 Å². The highest BCUT2D eigenvalue weighted by atomic mass is 127. The highest BCUT2D eigenvalue weighted by Crippen LogP contribution is 2.25. The molecular weight excluding hydrogens is 515 g/mol. The quantitative estimate of drug-likeness (QED) is 0.268. The zero-order chi connectivity index (χ0) is 21.5. The summed E-state index contributed by atoms with van der Waals surface area (Å²) >= 11 is 0. The van der Waals surface area contributed by atoms with E-state index in [1.807, 2.05) is 4.68 Å². The molecule has 0 aliphatic carbocycles. The van der Waals surface area contributed by atoms with Crippen molar-refractivity contribution in [1.29, 1.82) is 0 Å². The van der Waals surface area contributed by atoms with E-state index in [4.69, 9.17) is 4.74 Å². The summed E-state index contributed by atoms with van der Waals surface area (Å²) in [5, 5.41) is 11.0. The number of aliphatic imine (C=N–C) groups is 1. The lowest BCUT2D eigenvalue weighted by atomic mass is 9.98. The first-order valence-corrected chi connectivity index (χ1v) is 10.7. The fraction of sp³-hybridized carbons (Fsp3) is 0.375. The third-order valence-electron chi connectivity index (χ3n) is 5.69. The predicted octanol–water partition coefficient (Wildman–Crippen LogP) is 3.85. The third kappa shape index (κ3) is 6.29. The zero-order valence-corrected chi connectivity index (χ0v) is 21.0. The maximum atomic E-state index is 5.86. The zero-order valence-electron chi connectivity index (χ0n) is 18.6. The normalized spacial score (nSPS) is 18.2. The molecule has 8 heteroatoms. The largest absolute Gasteiger partial charge is 0.373 e. The van der Waals surface area contributed by atoms with Crippen molar-refractivity contribution in [3.05, 3.63) is 72.3 Å². The molecule has 0 saturated carbocycles. The van der Waals surface area contributed by atoms with Gasteiger partial charge in [0.05, 0.1) is 12.1 Å². The van der Waals surface area contributed by atoms with Crippen molar-refractivity contribution < 1.29 is 4.74 Å². The van der Waals surface area contributed by atoms with Gasteiger partial charge in [-0.2, -0.15) is 5.10 Å². The highest BCUT2D eigenvalue weighted by molar-refractivity contribution is 14.0.